The zero-order valence-corrected chi connectivity index (χ0v) is 13.1. The summed E-state index contributed by atoms with van der Waals surface area (Å²) in [6.07, 6.45) is 1.82. The average Bonchev–Trinajstić information content (AvgIpc) is 2.84. The van der Waals surface area contributed by atoms with Crippen molar-refractivity contribution in [3.8, 4) is 0 Å². The highest BCUT2D eigenvalue weighted by atomic mass is 16.2. The van der Waals surface area contributed by atoms with Crippen LogP contribution in [0.2, 0.25) is 0 Å². The van der Waals surface area contributed by atoms with E-state index in [9.17, 15) is 4.79 Å². The number of hydrogen-bond acceptors (Lipinski definition) is 2. The third-order valence-corrected chi connectivity index (χ3v) is 3.61. The molecule has 2 rings (SSSR count). The standard InChI is InChI=1S/C17H23N3O/c1-5-19(15-9-7-6-8-13(15)4)17(21)16-10-14(18)11-20(16)12(2)3/h6-12H,5,18H2,1-4H3. The van der Waals surface area contributed by atoms with E-state index in [0.29, 0.717) is 17.9 Å². The van der Waals surface area contributed by atoms with Crippen molar-refractivity contribution in [1.29, 1.82) is 0 Å². The second kappa shape index (κ2) is 6.04. The lowest BCUT2D eigenvalue weighted by molar-refractivity contribution is 0.0978. The number of nitrogens with zero attached hydrogens (tertiary/aromatic N) is 2. The molecule has 0 aliphatic heterocycles. The summed E-state index contributed by atoms with van der Waals surface area (Å²) in [4.78, 5) is 14.7. The number of rotatable bonds is 4. The van der Waals surface area contributed by atoms with Crippen LogP contribution in [0.4, 0.5) is 11.4 Å². The first-order valence-corrected chi connectivity index (χ1v) is 7.30. The van der Waals surface area contributed by atoms with Crippen molar-refractivity contribution >= 4 is 17.3 Å². The lowest BCUT2D eigenvalue weighted by atomic mass is 10.1. The summed E-state index contributed by atoms with van der Waals surface area (Å²) in [6, 6.07) is 9.87. The summed E-state index contributed by atoms with van der Waals surface area (Å²) in [5.41, 5.74) is 9.15. The van der Waals surface area contributed by atoms with Crippen LogP contribution >= 0.6 is 0 Å². The van der Waals surface area contributed by atoms with Gasteiger partial charge in [-0.25, -0.2) is 0 Å². The van der Waals surface area contributed by atoms with Crippen LogP contribution in [-0.4, -0.2) is 17.0 Å². The zero-order valence-electron chi connectivity index (χ0n) is 13.1. The monoisotopic (exact) mass is 285 g/mol. The molecule has 0 bridgehead atoms. The average molecular weight is 285 g/mol. The number of amides is 1. The fourth-order valence-electron chi connectivity index (χ4n) is 2.53. The molecule has 1 amide bonds. The third kappa shape index (κ3) is 2.94. The highest BCUT2D eigenvalue weighted by Gasteiger charge is 2.22. The highest BCUT2D eigenvalue weighted by Crippen LogP contribution is 2.24. The molecule has 1 heterocycles. The topological polar surface area (TPSA) is 51.3 Å². The number of aromatic nitrogens is 1. The molecule has 4 heteroatoms. The molecule has 0 saturated carbocycles. The van der Waals surface area contributed by atoms with Crippen molar-refractivity contribution in [3.05, 3.63) is 47.8 Å². The van der Waals surface area contributed by atoms with Crippen LogP contribution < -0.4 is 10.6 Å². The Bertz CT molecular complexity index is 643. The van der Waals surface area contributed by atoms with Crippen LogP contribution in [-0.2, 0) is 0 Å². The molecule has 0 spiro atoms. The molecule has 0 aliphatic rings. The summed E-state index contributed by atoms with van der Waals surface area (Å²) in [5.74, 6) is -0.0165. The second-order valence-corrected chi connectivity index (χ2v) is 5.50. The molecule has 112 valence electrons. The summed E-state index contributed by atoms with van der Waals surface area (Å²) >= 11 is 0. The zero-order chi connectivity index (χ0) is 15.6. The van der Waals surface area contributed by atoms with Gasteiger partial charge in [0.2, 0.25) is 0 Å². The third-order valence-electron chi connectivity index (χ3n) is 3.61. The van der Waals surface area contributed by atoms with Crippen LogP contribution in [0.3, 0.4) is 0 Å². The number of benzene rings is 1. The van der Waals surface area contributed by atoms with E-state index in [1.165, 1.54) is 0 Å². The molecule has 1 aromatic carbocycles. The first kappa shape index (κ1) is 15.2. The number of aryl methyl sites for hydroxylation is 1. The molecule has 0 aliphatic carbocycles. The van der Waals surface area contributed by atoms with Crippen LogP contribution in [0.15, 0.2) is 36.5 Å². The van der Waals surface area contributed by atoms with Gasteiger partial charge in [-0.3, -0.25) is 4.79 Å². The minimum Gasteiger partial charge on any atom is -0.397 e. The fraction of sp³-hybridized carbons (Fsp3) is 0.353. The molecule has 0 fully saturated rings. The van der Waals surface area contributed by atoms with Gasteiger partial charge in [-0.15, -0.1) is 0 Å². The van der Waals surface area contributed by atoms with E-state index in [0.717, 1.165) is 11.3 Å². The molecule has 2 N–H and O–H groups in total. The SMILES string of the molecule is CCN(C(=O)c1cc(N)cn1C(C)C)c1ccccc1C. The summed E-state index contributed by atoms with van der Waals surface area (Å²) in [6.45, 7) is 8.70. The molecule has 21 heavy (non-hydrogen) atoms. The van der Waals surface area contributed by atoms with Crippen molar-refractivity contribution in [3.63, 3.8) is 0 Å². The maximum absolute atomic E-state index is 12.9. The molecule has 0 atom stereocenters. The van der Waals surface area contributed by atoms with Crippen molar-refractivity contribution < 1.29 is 4.79 Å². The van der Waals surface area contributed by atoms with Crippen molar-refractivity contribution in [2.45, 2.75) is 33.7 Å². The number of anilines is 2. The summed E-state index contributed by atoms with van der Waals surface area (Å²) in [5, 5.41) is 0. The highest BCUT2D eigenvalue weighted by molar-refractivity contribution is 6.06. The van der Waals surface area contributed by atoms with Crippen LogP contribution in [0.5, 0.6) is 0 Å². The predicted octanol–water partition coefficient (Wildman–Crippen LogP) is 3.63. The smallest absolute Gasteiger partial charge is 0.274 e. The maximum atomic E-state index is 12.9. The molecule has 2 aromatic rings. The fourth-order valence-corrected chi connectivity index (χ4v) is 2.53. The van der Waals surface area contributed by atoms with E-state index in [2.05, 4.69) is 0 Å². The predicted molar refractivity (Wildman–Crippen MR) is 87.8 cm³/mol. The number of nitrogens with two attached hydrogens (primary N) is 1. The van der Waals surface area contributed by atoms with Gasteiger partial charge in [0.1, 0.15) is 5.69 Å². The first-order valence-electron chi connectivity index (χ1n) is 7.30. The largest absolute Gasteiger partial charge is 0.397 e. The molecule has 0 radical (unpaired) electrons. The Labute approximate surface area is 126 Å². The van der Waals surface area contributed by atoms with Gasteiger partial charge in [-0.2, -0.15) is 0 Å². The second-order valence-electron chi connectivity index (χ2n) is 5.50. The van der Waals surface area contributed by atoms with E-state index < -0.39 is 0 Å². The maximum Gasteiger partial charge on any atom is 0.274 e. The van der Waals surface area contributed by atoms with E-state index >= 15 is 0 Å². The van der Waals surface area contributed by atoms with Gasteiger partial charge >= 0.3 is 0 Å². The van der Waals surface area contributed by atoms with Gasteiger partial charge < -0.3 is 15.2 Å². The van der Waals surface area contributed by atoms with Gasteiger partial charge in [-0.1, -0.05) is 18.2 Å². The van der Waals surface area contributed by atoms with Gasteiger partial charge in [0.25, 0.3) is 5.91 Å². The minimum atomic E-state index is -0.0165. The van der Waals surface area contributed by atoms with Crippen LogP contribution in [0.1, 0.15) is 42.9 Å². The van der Waals surface area contributed by atoms with Gasteiger partial charge in [-0.05, 0) is 45.4 Å². The Morgan fingerprint density at radius 3 is 2.57 bits per heavy atom. The van der Waals surface area contributed by atoms with Crippen LogP contribution in [0.25, 0.3) is 0 Å². The van der Waals surface area contributed by atoms with E-state index in [-0.39, 0.29) is 11.9 Å². The van der Waals surface area contributed by atoms with Gasteiger partial charge in [0.05, 0.1) is 5.69 Å². The lowest BCUT2D eigenvalue weighted by Gasteiger charge is -2.24. The molecule has 4 nitrogen and oxygen atoms in total. The van der Waals surface area contributed by atoms with E-state index in [1.54, 1.807) is 11.0 Å². The van der Waals surface area contributed by atoms with Crippen molar-refractivity contribution in [2.75, 3.05) is 17.2 Å². The van der Waals surface area contributed by atoms with Gasteiger partial charge in [0.15, 0.2) is 0 Å². The normalized spacial score (nSPS) is 10.9. The Morgan fingerprint density at radius 1 is 1.33 bits per heavy atom. The number of hydrogen-bond donors (Lipinski definition) is 1. The number of carbonyl (C=O) groups is 1. The summed E-state index contributed by atoms with van der Waals surface area (Å²) in [7, 11) is 0. The van der Waals surface area contributed by atoms with Crippen LogP contribution in [0, 0.1) is 6.92 Å². The Balaban J connectivity index is 2.44. The Kier molecular flexibility index (Phi) is 4.36. The number of para-hydroxylation sites is 1. The van der Waals surface area contributed by atoms with Crippen molar-refractivity contribution in [1.82, 2.24) is 4.57 Å². The Morgan fingerprint density at radius 2 is 2.00 bits per heavy atom. The van der Waals surface area contributed by atoms with Gasteiger partial charge in [0, 0.05) is 24.5 Å². The van der Waals surface area contributed by atoms with E-state index in [4.69, 9.17) is 5.73 Å². The first-order chi connectivity index (χ1) is 9.95. The lowest BCUT2D eigenvalue weighted by Crippen LogP contribution is -2.33. The summed E-state index contributed by atoms with van der Waals surface area (Å²) < 4.78 is 1.93. The molecule has 1 aromatic heterocycles. The number of nitrogen functional groups attached to an aromatic ring is 1. The number of carbonyl (C=O) groups excluding carboxylic acids is 1. The molecular weight excluding hydrogens is 262 g/mol. The molecule has 0 unspecified atom stereocenters. The van der Waals surface area contributed by atoms with E-state index in [1.807, 2.05) is 62.7 Å². The molecule has 0 saturated heterocycles. The van der Waals surface area contributed by atoms with Crippen molar-refractivity contribution in [2.24, 2.45) is 0 Å². The Hall–Kier alpha value is -2.23. The molecular formula is C17H23N3O. The quantitative estimate of drug-likeness (QED) is 0.932. The minimum absolute atomic E-state index is 0.0165.